The van der Waals surface area contributed by atoms with Gasteiger partial charge in [-0.2, -0.15) is 0 Å². The molecule has 2 N–H and O–H groups in total. The minimum atomic E-state index is -3.58. The molecule has 1 heterocycles. The van der Waals surface area contributed by atoms with Gasteiger partial charge in [0, 0.05) is 25.4 Å². The van der Waals surface area contributed by atoms with Crippen LogP contribution in [0.5, 0.6) is 0 Å². The smallest absolute Gasteiger partial charge is 0.247 e. The third kappa shape index (κ3) is 5.14. The van der Waals surface area contributed by atoms with Gasteiger partial charge >= 0.3 is 0 Å². The van der Waals surface area contributed by atoms with Gasteiger partial charge in [-0.05, 0) is 25.6 Å². The average Bonchev–Trinajstić information content (AvgIpc) is 2.26. The molecule has 0 fully saturated rings. The normalized spacial score (nSPS) is 12.9. The molecule has 1 aromatic rings. The van der Waals surface area contributed by atoms with E-state index in [2.05, 4.69) is 9.71 Å². The second-order valence-electron chi connectivity index (χ2n) is 5.62. The summed E-state index contributed by atoms with van der Waals surface area (Å²) in [5.41, 5.74) is -0.509. The maximum absolute atomic E-state index is 12.0. The number of hydrogen-bond acceptors (Lipinski definition) is 4. The van der Waals surface area contributed by atoms with Crippen LogP contribution >= 0.6 is 0 Å². The summed E-state index contributed by atoms with van der Waals surface area (Å²) >= 11 is 0. The number of sulfonamides is 1. The molecule has 1 aromatic heterocycles. The average molecular weight is 287 g/mol. The monoisotopic (exact) mass is 287 g/mol. The van der Waals surface area contributed by atoms with Gasteiger partial charge in [-0.15, -0.1) is 0 Å². The Morgan fingerprint density at radius 2 is 1.95 bits per heavy atom. The van der Waals surface area contributed by atoms with Crippen molar-refractivity contribution >= 4 is 10.0 Å². The van der Waals surface area contributed by atoms with E-state index in [0.717, 1.165) is 6.54 Å². The van der Waals surface area contributed by atoms with Crippen molar-refractivity contribution < 1.29 is 8.42 Å². The van der Waals surface area contributed by atoms with Gasteiger partial charge in [-0.25, -0.2) is 13.1 Å². The molecule has 1 rings (SSSR count). The molecule has 0 bridgehead atoms. The van der Waals surface area contributed by atoms with E-state index in [0.29, 0.717) is 6.54 Å². The van der Waals surface area contributed by atoms with Crippen molar-refractivity contribution in [3.8, 4) is 0 Å². The van der Waals surface area contributed by atoms with Gasteiger partial charge in [0.1, 0.15) is 0 Å². The maximum Gasteiger partial charge on any atom is 0.247 e. The first kappa shape index (κ1) is 15.9. The van der Waals surface area contributed by atoms with Gasteiger partial charge < -0.3 is 9.88 Å². The molecule has 6 nitrogen and oxygen atoms in total. The van der Waals surface area contributed by atoms with Gasteiger partial charge in [0.2, 0.25) is 15.6 Å². The summed E-state index contributed by atoms with van der Waals surface area (Å²) in [6.45, 7) is 5.07. The zero-order valence-electron chi connectivity index (χ0n) is 11.7. The highest BCUT2D eigenvalue weighted by molar-refractivity contribution is 7.89. The van der Waals surface area contributed by atoms with E-state index in [4.69, 9.17) is 0 Å². The highest BCUT2D eigenvalue weighted by Crippen LogP contribution is 2.15. The van der Waals surface area contributed by atoms with Gasteiger partial charge in [-0.1, -0.05) is 13.8 Å². The fourth-order valence-corrected chi connectivity index (χ4v) is 3.06. The number of rotatable bonds is 6. The Morgan fingerprint density at radius 1 is 1.32 bits per heavy atom. The molecule has 7 heteroatoms. The highest BCUT2D eigenvalue weighted by Gasteiger charge is 2.23. The maximum atomic E-state index is 12.0. The van der Waals surface area contributed by atoms with E-state index in [1.54, 1.807) is 0 Å². The van der Waals surface area contributed by atoms with Crippen LogP contribution in [0.2, 0.25) is 0 Å². The van der Waals surface area contributed by atoms with Crippen molar-refractivity contribution in [1.82, 2.24) is 14.6 Å². The van der Waals surface area contributed by atoms with E-state index in [-0.39, 0.29) is 15.9 Å². The van der Waals surface area contributed by atoms with Crippen LogP contribution in [0, 0.1) is 5.41 Å². The molecular formula is C12H21N3O3S. The van der Waals surface area contributed by atoms with Gasteiger partial charge in [-0.3, -0.25) is 4.79 Å². The standard InChI is InChI=1S/C12H21N3O3S/c1-12(2,9-15(3)4)8-14-19(17,18)10-5-6-11(16)13-7-10/h5-7,14H,8-9H2,1-4H3,(H,13,16). The van der Waals surface area contributed by atoms with Crippen molar-refractivity contribution in [3.05, 3.63) is 28.7 Å². The minimum Gasteiger partial charge on any atom is -0.328 e. The third-order valence-electron chi connectivity index (χ3n) is 2.55. The van der Waals surface area contributed by atoms with Crippen molar-refractivity contribution in [1.29, 1.82) is 0 Å². The molecule has 0 saturated carbocycles. The molecule has 0 amide bonds. The Bertz CT molecular complexity index is 556. The molecule has 0 spiro atoms. The molecule has 0 unspecified atom stereocenters. The Labute approximate surface area is 113 Å². The number of aromatic nitrogens is 1. The van der Waals surface area contributed by atoms with Crippen LogP contribution in [0.3, 0.4) is 0 Å². The molecule has 0 aliphatic rings. The van der Waals surface area contributed by atoms with Crippen molar-refractivity contribution in [2.75, 3.05) is 27.2 Å². The summed E-state index contributed by atoms with van der Waals surface area (Å²) in [6, 6.07) is 2.49. The number of pyridine rings is 1. The minimum absolute atomic E-state index is 0.0627. The first-order valence-corrected chi connectivity index (χ1v) is 7.44. The van der Waals surface area contributed by atoms with Crippen molar-refractivity contribution in [2.24, 2.45) is 5.41 Å². The molecule has 0 atom stereocenters. The molecule has 0 aliphatic heterocycles. The van der Waals surface area contributed by atoms with Gasteiger partial charge in [0.05, 0.1) is 4.90 Å². The molecule has 0 aromatic carbocycles. The van der Waals surface area contributed by atoms with E-state index in [1.165, 1.54) is 18.3 Å². The van der Waals surface area contributed by atoms with Gasteiger partial charge in [0.15, 0.2) is 0 Å². The van der Waals surface area contributed by atoms with E-state index < -0.39 is 10.0 Å². The lowest BCUT2D eigenvalue weighted by Crippen LogP contribution is -2.40. The van der Waals surface area contributed by atoms with Crippen LogP contribution in [0.15, 0.2) is 28.0 Å². The van der Waals surface area contributed by atoms with Crippen LogP contribution < -0.4 is 10.3 Å². The van der Waals surface area contributed by atoms with Crippen LogP contribution in [0.25, 0.3) is 0 Å². The van der Waals surface area contributed by atoms with Crippen molar-refractivity contribution in [2.45, 2.75) is 18.7 Å². The highest BCUT2D eigenvalue weighted by atomic mass is 32.2. The summed E-state index contributed by atoms with van der Waals surface area (Å²) < 4.78 is 26.6. The lowest BCUT2D eigenvalue weighted by atomic mass is 9.93. The van der Waals surface area contributed by atoms with Crippen molar-refractivity contribution in [3.63, 3.8) is 0 Å². The molecular weight excluding hydrogens is 266 g/mol. The SMILES string of the molecule is CN(C)CC(C)(C)CNS(=O)(=O)c1ccc(=O)[nH]c1. The predicted octanol–water partition coefficient (Wildman–Crippen LogP) is 0.241. The van der Waals surface area contributed by atoms with E-state index in [1.807, 2.05) is 32.8 Å². The second kappa shape index (κ2) is 5.85. The fourth-order valence-electron chi connectivity index (χ4n) is 1.85. The zero-order valence-corrected chi connectivity index (χ0v) is 12.5. The first-order valence-electron chi connectivity index (χ1n) is 5.96. The quantitative estimate of drug-likeness (QED) is 0.785. The van der Waals surface area contributed by atoms with E-state index >= 15 is 0 Å². The predicted molar refractivity (Wildman–Crippen MR) is 74.6 cm³/mol. The van der Waals surface area contributed by atoms with Crippen LogP contribution in [0.1, 0.15) is 13.8 Å². The fraction of sp³-hybridized carbons (Fsp3) is 0.583. The van der Waals surface area contributed by atoms with E-state index in [9.17, 15) is 13.2 Å². The summed E-state index contributed by atoms with van der Waals surface area (Å²) in [5.74, 6) is 0. The summed E-state index contributed by atoms with van der Waals surface area (Å²) in [7, 11) is 0.301. The summed E-state index contributed by atoms with van der Waals surface area (Å²) in [4.78, 5) is 15.3. The molecule has 0 radical (unpaired) electrons. The molecule has 19 heavy (non-hydrogen) atoms. The number of H-pyrrole nitrogens is 1. The molecule has 0 saturated heterocycles. The van der Waals surface area contributed by atoms with Crippen LogP contribution in [0.4, 0.5) is 0 Å². The topological polar surface area (TPSA) is 82.3 Å². The Hall–Kier alpha value is -1.18. The largest absolute Gasteiger partial charge is 0.328 e. The van der Waals surface area contributed by atoms with Gasteiger partial charge in [0.25, 0.3) is 0 Å². The van der Waals surface area contributed by atoms with Crippen LogP contribution in [-0.4, -0.2) is 45.5 Å². The second-order valence-corrected chi connectivity index (χ2v) is 7.38. The van der Waals surface area contributed by atoms with Crippen LogP contribution in [-0.2, 0) is 10.0 Å². The number of hydrogen-bond donors (Lipinski definition) is 2. The number of aromatic amines is 1. The lowest BCUT2D eigenvalue weighted by Gasteiger charge is -2.28. The first-order chi connectivity index (χ1) is 8.62. The third-order valence-corrected chi connectivity index (χ3v) is 3.95. The number of nitrogens with one attached hydrogen (secondary N) is 2. The lowest BCUT2D eigenvalue weighted by molar-refractivity contribution is 0.242. The Morgan fingerprint density at radius 3 is 2.42 bits per heavy atom. The Kier molecular flexibility index (Phi) is 4.89. The zero-order chi connectivity index (χ0) is 14.7. The molecule has 108 valence electrons. The summed E-state index contributed by atoms with van der Waals surface area (Å²) in [5, 5.41) is 0. The number of nitrogens with zero attached hydrogens (tertiary/aromatic N) is 1. The Balaban J connectivity index is 2.76. The summed E-state index contributed by atoms with van der Waals surface area (Å²) in [6.07, 6.45) is 1.20. The molecule has 0 aliphatic carbocycles.